The Labute approximate surface area is 229 Å². The number of carbonyl (C=O) groups excluding carboxylic acids is 1. The van der Waals surface area contributed by atoms with Crippen molar-refractivity contribution in [3.05, 3.63) is 115 Å². The Morgan fingerprint density at radius 1 is 1.02 bits per heavy atom. The van der Waals surface area contributed by atoms with Crippen LogP contribution < -0.4 is 11.1 Å². The zero-order chi connectivity index (χ0) is 27.6. The van der Waals surface area contributed by atoms with Crippen LogP contribution in [0.1, 0.15) is 22.6 Å². The first-order valence-electron chi connectivity index (χ1n) is 12.6. The van der Waals surface area contributed by atoms with Crippen LogP contribution in [-0.4, -0.2) is 41.1 Å². The van der Waals surface area contributed by atoms with Gasteiger partial charge in [0.15, 0.2) is 5.82 Å². The number of nitrogen functional groups attached to an aromatic ring is 1. The average Bonchev–Trinajstić information content (AvgIpc) is 3.60. The number of nitrogens with one attached hydrogen (secondary N) is 3. The monoisotopic (exact) mass is 527 g/mol. The smallest absolute Gasteiger partial charge is 0.228 e. The van der Waals surface area contributed by atoms with Crippen molar-refractivity contribution in [2.45, 2.75) is 13.3 Å². The molecule has 10 nitrogen and oxygen atoms in total. The number of aryl methyl sites for hydroxylation is 1. The number of H-pyrrole nitrogens is 1. The molecule has 40 heavy (non-hydrogen) atoms. The molecule has 6 aromatic rings. The standard InChI is InChI=1S/C30H25N9O/c1-18-16-39(17-35-18)26-15-34-14-25-29(26)38-30(37-25)28(32)23-11-20(7-8-24(23)31)21-10-22(13-33-12-21)36-27(40)9-19-5-3-2-4-6-19/h2-8,10-17,32H,9,31H2,1H3,(H,36,40)(H,37,38). The summed E-state index contributed by atoms with van der Waals surface area (Å²) in [7, 11) is 0. The second-order valence-corrected chi connectivity index (χ2v) is 9.41. The number of aromatic amines is 1. The fourth-order valence-electron chi connectivity index (χ4n) is 4.51. The van der Waals surface area contributed by atoms with E-state index < -0.39 is 0 Å². The summed E-state index contributed by atoms with van der Waals surface area (Å²) in [5.41, 5.74) is 13.5. The van der Waals surface area contributed by atoms with Gasteiger partial charge < -0.3 is 20.6 Å². The van der Waals surface area contributed by atoms with E-state index in [9.17, 15) is 4.79 Å². The van der Waals surface area contributed by atoms with Crippen molar-refractivity contribution in [1.29, 1.82) is 5.41 Å². The third-order valence-corrected chi connectivity index (χ3v) is 6.49. The molecule has 0 bridgehead atoms. The highest BCUT2D eigenvalue weighted by atomic mass is 16.1. The summed E-state index contributed by atoms with van der Waals surface area (Å²) >= 11 is 0. The lowest BCUT2D eigenvalue weighted by atomic mass is 10.00. The Kier molecular flexibility index (Phi) is 6.33. The lowest BCUT2D eigenvalue weighted by molar-refractivity contribution is -0.115. The summed E-state index contributed by atoms with van der Waals surface area (Å²) in [6.07, 6.45) is 10.6. The molecule has 0 radical (unpaired) electrons. The third-order valence-electron chi connectivity index (χ3n) is 6.49. The molecule has 10 heteroatoms. The van der Waals surface area contributed by atoms with Crippen molar-refractivity contribution in [2.75, 3.05) is 11.1 Å². The third kappa shape index (κ3) is 4.93. The molecule has 0 saturated heterocycles. The van der Waals surface area contributed by atoms with Gasteiger partial charge in [0.1, 0.15) is 11.2 Å². The minimum Gasteiger partial charge on any atom is -0.398 e. The van der Waals surface area contributed by atoms with Crippen molar-refractivity contribution >= 4 is 34.0 Å². The molecule has 0 aliphatic heterocycles. The molecule has 0 atom stereocenters. The summed E-state index contributed by atoms with van der Waals surface area (Å²) in [4.78, 5) is 33.4. The molecule has 0 unspecified atom stereocenters. The van der Waals surface area contributed by atoms with Gasteiger partial charge in [-0.3, -0.25) is 20.2 Å². The van der Waals surface area contributed by atoms with Gasteiger partial charge in [-0.05, 0) is 36.2 Å². The van der Waals surface area contributed by atoms with Crippen LogP contribution in [0.15, 0.2) is 91.9 Å². The number of fused-ring (bicyclic) bond motifs is 1. The van der Waals surface area contributed by atoms with Crippen molar-refractivity contribution in [1.82, 2.24) is 29.5 Å². The Balaban J connectivity index is 1.28. The number of nitrogens with zero attached hydrogens (tertiary/aromatic N) is 5. The highest BCUT2D eigenvalue weighted by Crippen LogP contribution is 2.28. The maximum atomic E-state index is 12.6. The zero-order valence-electron chi connectivity index (χ0n) is 21.6. The number of benzene rings is 2. The summed E-state index contributed by atoms with van der Waals surface area (Å²) in [5, 5.41) is 11.9. The normalized spacial score (nSPS) is 11.0. The van der Waals surface area contributed by atoms with E-state index in [1.54, 1.807) is 37.2 Å². The first-order chi connectivity index (χ1) is 19.4. The van der Waals surface area contributed by atoms with Gasteiger partial charge in [-0.2, -0.15) is 0 Å². The maximum Gasteiger partial charge on any atom is 0.228 e. The summed E-state index contributed by atoms with van der Waals surface area (Å²) in [6.45, 7) is 1.91. The first-order valence-corrected chi connectivity index (χ1v) is 12.6. The van der Waals surface area contributed by atoms with E-state index in [-0.39, 0.29) is 18.0 Å². The van der Waals surface area contributed by atoms with E-state index in [1.807, 2.05) is 66.2 Å². The summed E-state index contributed by atoms with van der Waals surface area (Å²) in [6, 6.07) is 16.8. The molecule has 5 N–H and O–H groups in total. The van der Waals surface area contributed by atoms with Gasteiger partial charge >= 0.3 is 0 Å². The van der Waals surface area contributed by atoms with E-state index in [1.165, 1.54) is 0 Å². The van der Waals surface area contributed by atoms with E-state index in [0.717, 1.165) is 28.1 Å². The number of hydrogen-bond donors (Lipinski definition) is 4. The summed E-state index contributed by atoms with van der Waals surface area (Å²) < 4.78 is 1.85. The van der Waals surface area contributed by atoms with Crippen molar-refractivity contribution in [3.8, 4) is 16.8 Å². The first kappa shape index (κ1) is 24.7. The minimum atomic E-state index is -0.130. The molecule has 0 fully saturated rings. The van der Waals surface area contributed by atoms with Gasteiger partial charge in [0, 0.05) is 29.2 Å². The van der Waals surface area contributed by atoms with Crippen LogP contribution in [0.5, 0.6) is 0 Å². The number of aromatic nitrogens is 6. The van der Waals surface area contributed by atoms with Crippen LogP contribution in [0.2, 0.25) is 0 Å². The highest BCUT2D eigenvalue weighted by Gasteiger charge is 2.17. The predicted molar refractivity (Wildman–Crippen MR) is 155 cm³/mol. The molecule has 0 saturated carbocycles. The Morgan fingerprint density at radius 3 is 2.65 bits per heavy atom. The van der Waals surface area contributed by atoms with Gasteiger partial charge in [-0.15, -0.1) is 0 Å². The maximum absolute atomic E-state index is 12.6. The Morgan fingerprint density at radius 2 is 1.85 bits per heavy atom. The number of imidazole rings is 2. The van der Waals surface area contributed by atoms with Crippen LogP contribution in [0.25, 0.3) is 27.8 Å². The van der Waals surface area contributed by atoms with Crippen LogP contribution >= 0.6 is 0 Å². The Hall–Kier alpha value is -5.64. The zero-order valence-corrected chi connectivity index (χ0v) is 21.6. The lowest BCUT2D eigenvalue weighted by Gasteiger charge is -2.11. The molecule has 2 aromatic carbocycles. The van der Waals surface area contributed by atoms with Gasteiger partial charge in [-0.25, -0.2) is 9.97 Å². The number of rotatable bonds is 7. The van der Waals surface area contributed by atoms with E-state index in [2.05, 4.69) is 25.3 Å². The van der Waals surface area contributed by atoms with Crippen molar-refractivity contribution < 1.29 is 4.79 Å². The number of amides is 1. The molecule has 4 aromatic heterocycles. The van der Waals surface area contributed by atoms with Crippen LogP contribution in [0.4, 0.5) is 11.4 Å². The van der Waals surface area contributed by atoms with Crippen LogP contribution in [0.3, 0.4) is 0 Å². The number of nitrogens with two attached hydrogens (primary N) is 1. The SMILES string of the molecule is Cc1cn(-c2cncc3[nH]c(C(=N)c4cc(-c5cncc(NC(=O)Cc6ccccc6)c5)ccc4N)nc23)cn1. The largest absolute Gasteiger partial charge is 0.398 e. The fourth-order valence-corrected chi connectivity index (χ4v) is 4.51. The molecule has 1 amide bonds. The fraction of sp³-hybridized carbons (Fsp3) is 0.0667. The molecule has 196 valence electrons. The quantitative estimate of drug-likeness (QED) is 0.175. The topological polar surface area (TPSA) is 151 Å². The number of hydrogen-bond acceptors (Lipinski definition) is 7. The molecule has 0 aliphatic carbocycles. The van der Waals surface area contributed by atoms with E-state index in [4.69, 9.17) is 16.1 Å². The van der Waals surface area contributed by atoms with Gasteiger partial charge in [0.2, 0.25) is 5.91 Å². The molecule has 4 heterocycles. The number of carbonyl (C=O) groups is 1. The second kappa shape index (κ2) is 10.3. The van der Waals surface area contributed by atoms with Crippen LogP contribution in [0, 0.1) is 12.3 Å². The average molecular weight is 528 g/mol. The van der Waals surface area contributed by atoms with Gasteiger partial charge in [-0.1, -0.05) is 36.4 Å². The van der Waals surface area contributed by atoms with Gasteiger partial charge in [0.05, 0.1) is 53.9 Å². The molecule has 0 aliphatic rings. The van der Waals surface area contributed by atoms with E-state index in [0.29, 0.717) is 33.8 Å². The molecular formula is C30H25N9O. The number of anilines is 2. The molecule has 6 rings (SSSR count). The molecule has 0 spiro atoms. The molecular weight excluding hydrogens is 502 g/mol. The van der Waals surface area contributed by atoms with Crippen molar-refractivity contribution in [3.63, 3.8) is 0 Å². The van der Waals surface area contributed by atoms with E-state index >= 15 is 0 Å². The van der Waals surface area contributed by atoms with Crippen LogP contribution in [-0.2, 0) is 11.2 Å². The second-order valence-electron chi connectivity index (χ2n) is 9.41. The highest BCUT2D eigenvalue weighted by molar-refractivity contribution is 6.13. The predicted octanol–water partition coefficient (Wildman–Crippen LogP) is 4.69. The summed E-state index contributed by atoms with van der Waals surface area (Å²) in [5.74, 6) is 0.236. The van der Waals surface area contributed by atoms with Gasteiger partial charge in [0.25, 0.3) is 0 Å². The Bertz CT molecular complexity index is 1870. The lowest BCUT2D eigenvalue weighted by Crippen LogP contribution is -2.14. The number of pyridine rings is 2. The minimum absolute atomic E-state index is 0.130. The van der Waals surface area contributed by atoms with Crippen molar-refractivity contribution in [2.24, 2.45) is 0 Å².